The van der Waals surface area contributed by atoms with E-state index in [0.717, 1.165) is 38.8 Å². The van der Waals surface area contributed by atoms with Crippen molar-refractivity contribution >= 4 is 26.8 Å². The third-order valence-corrected chi connectivity index (χ3v) is 4.94. The monoisotopic (exact) mass is 403 g/mol. The number of benzene rings is 3. The van der Waals surface area contributed by atoms with Crippen LogP contribution in [0.5, 0.6) is 5.75 Å². The summed E-state index contributed by atoms with van der Waals surface area (Å²) < 4.78 is 6.21. The summed E-state index contributed by atoms with van der Waals surface area (Å²) in [7, 11) is 0. The molecule has 0 fully saturated rings. The molecule has 1 aromatic heterocycles. The van der Waals surface area contributed by atoms with Gasteiger partial charge in [-0.15, -0.1) is 0 Å². The van der Waals surface area contributed by atoms with Gasteiger partial charge >= 0.3 is 0 Å². The Hall–Kier alpha value is -2.65. The van der Waals surface area contributed by atoms with E-state index in [1.807, 2.05) is 42.5 Å². The van der Waals surface area contributed by atoms with Crippen LogP contribution >= 0.6 is 15.9 Å². The number of pyridine rings is 1. The van der Waals surface area contributed by atoms with E-state index in [-0.39, 0.29) is 0 Å². The first-order valence-electron chi connectivity index (χ1n) is 8.55. The average Bonchev–Trinajstić information content (AvgIpc) is 2.73. The van der Waals surface area contributed by atoms with Gasteiger partial charge in [-0.05, 0) is 23.3 Å². The molecule has 2 nitrogen and oxygen atoms in total. The van der Waals surface area contributed by atoms with Crippen LogP contribution in [0, 0.1) is 0 Å². The SMILES string of the molecule is BrCc1ccc2nc(-c3ccccc3)cc(OCc3ccccc3)c2c1. The van der Waals surface area contributed by atoms with Crippen LogP contribution in [0.4, 0.5) is 0 Å². The summed E-state index contributed by atoms with van der Waals surface area (Å²) in [6.45, 7) is 0.534. The lowest BCUT2D eigenvalue weighted by molar-refractivity contribution is 0.310. The number of hydrogen-bond acceptors (Lipinski definition) is 2. The van der Waals surface area contributed by atoms with Crippen LogP contribution in [0.3, 0.4) is 0 Å². The zero-order valence-electron chi connectivity index (χ0n) is 14.2. The lowest BCUT2D eigenvalue weighted by atomic mass is 10.1. The molecule has 0 saturated carbocycles. The molecular formula is C23H18BrNO. The van der Waals surface area contributed by atoms with Gasteiger partial charge in [0.25, 0.3) is 0 Å². The van der Waals surface area contributed by atoms with Gasteiger partial charge in [0.1, 0.15) is 12.4 Å². The largest absolute Gasteiger partial charge is 0.488 e. The normalized spacial score (nSPS) is 10.8. The Morgan fingerprint density at radius 2 is 1.50 bits per heavy atom. The van der Waals surface area contributed by atoms with Gasteiger partial charge in [-0.1, -0.05) is 82.7 Å². The predicted octanol–water partition coefficient (Wildman–Crippen LogP) is 6.38. The average molecular weight is 404 g/mol. The zero-order valence-corrected chi connectivity index (χ0v) is 15.8. The first-order chi connectivity index (χ1) is 12.8. The van der Waals surface area contributed by atoms with Crippen molar-refractivity contribution in [2.24, 2.45) is 0 Å². The highest BCUT2D eigenvalue weighted by Crippen LogP contribution is 2.31. The Balaban J connectivity index is 1.78. The molecule has 0 saturated heterocycles. The van der Waals surface area contributed by atoms with Gasteiger partial charge in [-0.25, -0.2) is 4.98 Å². The van der Waals surface area contributed by atoms with Gasteiger partial charge in [0.15, 0.2) is 0 Å². The van der Waals surface area contributed by atoms with Crippen LogP contribution in [0.25, 0.3) is 22.2 Å². The quantitative estimate of drug-likeness (QED) is 0.360. The Morgan fingerprint density at radius 1 is 0.769 bits per heavy atom. The van der Waals surface area contributed by atoms with E-state index >= 15 is 0 Å². The minimum Gasteiger partial charge on any atom is -0.488 e. The van der Waals surface area contributed by atoms with Crippen LogP contribution in [-0.4, -0.2) is 4.98 Å². The Labute approximate surface area is 161 Å². The van der Waals surface area contributed by atoms with Crippen molar-refractivity contribution in [2.75, 3.05) is 0 Å². The minimum absolute atomic E-state index is 0.534. The Morgan fingerprint density at radius 3 is 2.23 bits per heavy atom. The second-order valence-electron chi connectivity index (χ2n) is 6.13. The summed E-state index contributed by atoms with van der Waals surface area (Å²) in [4.78, 5) is 4.84. The van der Waals surface area contributed by atoms with Crippen molar-refractivity contribution in [3.05, 3.63) is 96.1 Å². The maximum Gasteiger partial charge on any atom is 0.131 e. The number of ether oxygens (including phenoxy) is 1. The minimum atomic E-state index is 0.534. The number of aromatic nitrogens is 1. The highest BCUT2D eigenvalue weighted by atomic mass is 79.9. The van der Waals surface area contributed by atoms with E-state index in [1.54, 1.807) is 0 Å². The number of nitrogens with zero attached hydrogens (tertiary/aromatic N) is 1. The predicted molar refractivity (Wildman–Crippen MR) is 111 cm³/mol. The Kier molecular flexibility index (Phi) is 4.98. The van der Waals surface area contributed by atoms with Crippen molar-refractivity contribution in [2.45, 2.75) is 11.9 Å². The maximum absolute atomic E-state index is 6.21. The van der Waals surface area contributed by atoms with Gasteiger partial charge in [0, 0.05) is 22.3 Å². The van der Waals surface area contributed by atoms with E-state index in [2.05, 4.69) is 58.4 Å². The molecule has 0 amide bonds. The summed E-state index contributed by atoms with van der Waals surface area (Å²) in [5, 5.41) is 1.85. The first kappa shape index (κ1) is 16.8. The molecule has 0 aliphatic rings. The smallest absolute Gasteiger partial charge is 0.131 e. The molecule has 4 rings (SSSR count). The Bertz CT molecular complexity index is 1020. The second kappa shape index (κ2) is 7.71. The number of alkyl halides is 1. The zero-order chi connectivity index (χ0) is 17.8. The molecule has 128 valence electrons. The molecule has 0 radical (unpaired) electrons. The van der Waals surface area contributed by atoms with E-state index < -0.39 is 0 Å². The fourth-order valence-corrected chi connectivity index (χ4v) is 3.29. The van der Waals surface area contributed by atoms with E-state index in [0.29, 0.717) is 6.61 Å². The van der Waals surface area contributed by atoms with Gasteiger partial charge in [-0.2, -0.15) is 0 Å². The molecule has 0 spiro atoms. The molecule has 4 aromatic rings. The van der Waals surface area contributed by atoms with Crippen molar-refractivity contribution in [1.29, 1.82) is 0 Å². The lowest BCUT2D eigenvalue weighted by Crippen LogP contribution is -1.98. The molecular weight excluding hydrogens is 386 g/mol. The van der Waals surface area contributed by atoms with Crippen LogP contribution in [0.1, 0.15) is 11.1 Å². The highest BCUT2D eigenvalue weighted by molar-refractivity contribution is 9.08. The van der Waals surface area contributed by atoms with Gasteiger partial charge < -0.3 is 4.74 Å². The number of halogens is 1. The van der Waals surface area contributed by atoms with E-state index in [4.69, 9.17) is 9.72 Å². The van der Waals surface area contributed by atoms with Crippen LogP contribution in [0.15, 0.2) is 84.9 Å². The molecule has 0 atom stereocenters. The fraction of sp³-hybridized carbons (Fsp3) is 0.0870. The molecule has 0 aliphatic heterocycles. The lowest BCUT2D eigenvalue weighted by Gasteiger charge is -2.13. The summed E-state index contributed by atoms with van der Waals surface area (Å²) >= 11 is 3.53. The first-order valence-corrected chi connectivity index (χ1v) is 9.67. The van der Waals surface area contributed by atoms with Gasteiger partial charge in [0.2, 0.25) is 0 Å². The fourth-order valence-electron chi connectivity index (χ4n) is 2.94. The third-order valence-electron chi connectivity index (χ3n) is 4.30. The summed E-state index contributed by atoms with van der Waals surface area (Å²) in [5.74, 6) is 0.862. The molecule has 0 N–H and O–H groups in total. The van der Waals surface area contributed by atoms with Crippen LogP contribution in [0.2, 0.25) is 0 Å². The van der Waals surface area contributed by atoms with Gasteiger partial charge in [0.05, 0.1) is 11.2 Å². The van der Waals surface area contributed by atoms with Crippen molar-refractivity contribution in [1.82, 2.24) is 4.98 Å². The van der Waals surface area contributed by atoms with Crippen molar-refractivity contribution in [3.63, 3.8) is 0 Å². The molecule has 3 aromatic carbocycles. The summed E-state index contributed by atoms with van der Waals surface area (Å²) in [5.41, 5.74) is 5.31. The second-order valence-corrected chi connectivity index (χ2v) is 6.69. The summed E-state index contributed by atoms with van der Waals surface area (Å²) in [6.07, 6.45) is 0. The van der Waals surface area contributed by atoms with E-state index in [1.165, 1.54) is 5.56 Å². The summed E-state index contributed by atoms with van der Waals surface area (Å²) in [6, 6.07) is 28.8. The number of rotatable bonds is 5. The molecule has 0 aliphatic carbocycles. The van der Waals surface area contributed by atoms with Crippen LogP contribution in [-0.2, 0) is 11.9 Å². The standard InChI is InChI=1S/C23H18BrNO/c24-15-18-11-12-21-20(13-18)23(26-16-17-7-3-1-4-8-17)14-22(25-21)19-9-5-2-6-10-19/h1-14H,15-16H2. The molecule has 1 heterocycles. The highest BCUT2D eigenvalue weighted by Gasteiger charge is 2.10. The topological polar surface area (TPSA) is 22.1 Å². The van der Waals surface area contributed by atoms with Gasteiger partial charge in [-0.3, -0.25) is 0 Å². The maximum atomic E-state index is 6.21. The van der Waals surface area contributed by atoms with Crippen molar-refractivity contribution < 1.29 is 4.74 Å². The van der Waals surface area contributed by atoms with Crippen molar-refractivity contribution in [3.8, 4) is 17.0 Å². The third kappa shape index (κ3) is 3.63. The number of hydrogen-bond donors (Lipinski definition) is 0. The van der Waals surface area contributed by atoms with E-state index in [9.17, 15) is 0 Å². The molecule has 0 bridgehead atoms. The molecule has 3 heteroatoms. The number of fused-ring (bicyclic) bond motifs is 1. The van der Waals surface area contributed by atoms with Crippen LogP contribution < -0.4 is 4.74 Å². The molecule has 0 unspecified atom stereocenters. The molecule has 26 heavy (non-hydrogen) atoms.